The van der Waals surface area contributed by atoms with E-state index >= 15 is 0 Å². The normalized spacial score (nSPS) is 10.1. The van der Waals surface area contributed by atoms with Crippen LogP contribution < -0.4 is 4.74 Å². The molecule has 0 aliphatic carbocycles. The number of benzene rings is 1. The zero-order chi connectivity index (χ0) is 9.97. The molecule has 72 valence electrons. The highest BCUT2D eigenvalue weighted by Gasteiger charge is 2.07. The van der Waals surface area contributed by atoms with E-state index in [1.807, 2.05) is 37.5 Å². The minimum absolute atomic E-state index is 0.813. The van der Waals surface area contributed by atoms with Gasteiger partial charge in [-0.2, -0.15) is 0 Å². The molecular weight excluding hydrogens is 178 g/mol. The van der Waals surface area contributed by atoms with E-state index in [-0.39, 0.29) is 0 Å². The monoisotopic (exact) mass is 189 g/mol. The highest BCUT2D eigenvalue weighted by atomic mass is 16.5. The molecule has 2 rings (SSSR count). The van der Waals surface area contributed by atoms with E-state index in [0.29, 0.717) is 0 Å². The fraction of sp³-hybridized carbons (Fsp3) is 0.200. The Balaban J connectivity index is 2.50. The summed E-state index contributed by atoms with van der Waals surface area (Å²) >= 11 is 0. The Morgan fingerprint density at radius 2 is 2.07 bits per heavy atom. The minimum atomic E-state index is 0.813. The predicted molar refractivity (Wildman–Crippen MR) is 53.0 cm³/mol. The third kappa shape index (κ3) is 1.46. The van der Waals surface area contributed by atoms with Crippen LogP contribution in [0.4, 0.5) is 0 Å². The first-order valence-electron chi connectivity index (χ1n) is 4.31. The van der Waals surface area contributed by atoms with Gasteiger partial charge in [-0.05, 0) is 12.1 Å². The van der Waals surface area contributed by atoms with Gasteiger partial charge in [-0.3, -0.25) is 4.68 Å². The fourth-order valence-corrected chi connectivity index (χ4v) is 1.33. The molecule has 1 aromatic heterocycles. The van der Waals surface area contributed by atoms with Crippen molar-refractivity contribution in [3.05, 3.63) is 30.5 Å². The van der Waals surface area contributed by atoms with Crippen LogP contribution in [0.2, 0.25) is 0 Å². The van der Waals surface area contributed by atoms with E-state index in [2.05, 4.69) is 10.3 Å². The van der Waals surface area contributed by atoms with Crippen LogP contribution in [0, 0.1) is 0 Å². The molecule has 0 amide bonds. The average Bonchev–Trinajstić information content (AvgIpc) is 2.65. The van der Waals surface area contributed by atoms with Gasteiger partial charge in [0.1, 0.15) is 11.4 Å². The van der Waals surface area contributed by atoms with Crippen LogP contribution in [0.5, 0.6) is 5.75 Å². The average molecular weight is 189 g/mol. The van der Waals surface area contributed by atoms with Crippen molar-refractivity contribution in [2.75, 3.05) is 7.11 Å². The largest absolute Gasteiger partial charge is 0.496 e. The number of ether oxygens (including phenoxy) is 1. The van der Waals surface area contributed by atoms with Gasteiger partial charge in [-0.1, -0.05) is 17.3 Å². The fourth-order valence-electron chi connectivity index (χ4n) is 1.33. The molecule has 0 saturated heterocycles. The van der Waals surface area contributed by atoms with Crippen molar-refractivity contribution in [2.24, 2.45) is 7.05 Å². The van der Waals surface area contributed by atoms with Gasteiger partial charge in [0.2, 0.25) is 0 Å². The van der Waals surface area contributed by atoms with E-state index < -0.39 is 0 Å². The van der Waals surface area contributed by atoms with Crippen molar-refractivity contribution in [3.63, 3.8) is 0 Å². The molecule has 0 saturated carbocycles. The Morgan fingerprint density at radius 3 is 2.71 bits per heavy atom. The van der Waals surface area contributed by atoms with E-state index in [1.54, 1.807) is 11.8 Å². The SMILES string of the molecule is COc1ccccc1-c1cn(C)nn1. The highest BCUT2D eigenvalue weighted by Crippen LogP contribution is 2.27. The first kappa shape index (κ1) is 8.74. The van der Waals surface area contributed by atoms with E-state index in [1.165, 1.54) is 0 Å². The van der Waals surface area contributed by atoms with Gasteiger partial charge >= 0.3 is 0 Å². The van der Waals surface area contributed by atoms with Gasteiger partial charge in [0, 0.05) is 12.6 Å². The van der Waals surface area contributed by atoms with Gasteiger partial charge in [-0.25, -0.2) is 0 Å². The van der Waals surface area contributed by atoms with E-state index in [9.17, 15) is 0 Å². The molecule has 1 heterocycles. The van der Waals surface area contributed by atoms with Crippen molar-refractivity contribution < 1.29 is 4.74 Å². The summed E-state index contributed by atoms with van der Waals surface area (Å²) in [7, 11) is 3.49. The van der Waals surface area contributed by atoms with Crippen LogP contribution in [-0.4, -0.2) is 22.1 Å². The van der Waals surface area contributed by atoms with Gasteiger partial charge in [0.25, 0.3) is 0 Å². The molecule has 0 radical (unpaired) electrons. The van der Waals surface area contributed by atoms with Crippen molar-refractivity contribution >= 4 is 0 Å². The Labute approximate surface area is 82.1 Å². The number of aromatic nitrogens is 3. The van der Waals surface area contributed by atoms with Crippen LogP contribution in [0.1, 0.15) is 0 Å². The standard InChI is InChI=1S/C10H11N3O/c1-13-7-9(11-12-13)8-5-3-4-6-10(8)14-2/h3-7H,1-2H3. The number of hydrogen-bond donors (Lipinski definition) is 0. The summed E-state index contributed by atoms with van der Waals surface area (Å²) in [5.74, 6) is 0.813. The number of nitrogens with zero attached hydrogens (tertiary/aromatic N) is 3. The summed E-state index contributed by atoms with van der Waals surface area (Å²) in [6.07, 6.45) is 1.86. The number of hydrogen-bond acceptors (Lipinski definition) is 3. The first-order valence-corrected chi connectivity index (χ1v) is 4.31. The maximum atomic E-state index is 5.23. The van der Waals surface area contributed by atoms with Crippen molar-refractivity contribution in [2.45, 2.75) is 0 Å². The van der Waals surface area contributed by atoms with E-state index in [0.717, 1.165) is 17.0 Å². The topological polar surface area (TPSA) is 39.9 Å². The molecule has 0 aliphatic heterocycles. The van der Waals surface area contributed by atoms with Crippen LogP contribution in [0.25, 0.3) is 11.3 Å². The Morgan fingerprint density at radius 1 is 1.29 bits per heavy atom. The number of rotatable bonds is 2. The maximum Gasteiger partial charge on any atom is 0.128 e. The summed E-state index contributed by atoms with van der Waals surface area (Å²) in [5, 5.41) is 7.91. The Bertz CT molecular complexity index is 436. The van der Waals surface area contributed by atoms with Crippen LogP contribution in [-0.2, 0) is 7.05 Å². The highest BCUT2D eigenvalue weighted by molar-refractivity contribution is 5.65. The second-order valence-corrected chi connectivity index (χ2v) is 2.98. The molecule has 2 aromatic rings. The third-order valence-electron chi connectivity index (χ3n) is 1.99. The summed E-state index contributed by atoms with van der Waals surface area (Å²) < 4.78 is 6.90. The van der Waals surface area contributed by atoms with Gasteiger partial charge < -0.3 is 4.74 Å². The molecule has 4 heteroatoms. The summed E-state index contributed by atoms with van der Waals surface area (Å²) in [5.41, 5.74) is 1.79. The molecule has 1 aromatic carbocycles. The Kier molecular flexibility index (Phi) is 2.18. The number of methoxy groups -OCH3 is 1. The maximum absolute atomic E-state index is 5.23. The molecule has 0 bridgehead atoms. The summed E-state index contributed by atoms with van der Waals surface area (Å²) in [6.45, 7) is 0. The lowest BCUT2D eigenvalue weighted by molar-refractivity contribution is 0.416. The molecule has 0 aliphatic rings. The smallest absolute Gasteiger partial charge is 0.128 e. The lowest BCUT2D eigenvalue weighted by Gasteiger charge is -2.03. The molecule has 14 heavy (non-hydrogen) atoms. The van der Waals surface area contributed by atoms with Gasteiger partial charge in [0.05, 0.1) is 13.3 Å². The third-order valence-corrected chi connectivity index (χ3v) is 1.99. The zero-order valence-corrected chi connectivity index (χ0v) is 8.14. The predicted octanol–water partition coefficient (Wildman–Crippen LogP) is 1.49. The molecule has 0 spiro atoms. The van der Waals surface area contributed by atoms with Gasteiger partial charge in [-0.15, -0.1) is 5.10 Å². The van der Waals surface area contributed by atoms with Crippen molar-refractivity contribution in [3.8, 4) is 17.0 Å². The lowest BCUT2D eigenvalue weighted by atomic mass is 10.1. The number of aryl methyl sites for hydroxylation is 1. The van der Waals surface area contributed by atoms with Crippen molar-refractivity contribution in [1.29, 1.82) is 0 Å². The van der Waals surface area contributed by atoms with Gasteiger partial charge in [0.15, 0.2) is 0 Å². The van der Waals surface area contributed by atoms with Crippen molar-refractivity contribution in [1.82, 2.24) is 15.0 Å². The molecule has 0 atom stereocenters. The molecule has 0 unspecified atom stereocenters. The van der Waals surface area contributed by atoms with Crippen LogP contribution in [0.15, 0.2) is 30.5 Å². The second-order valence-electron chi connectivity index (χ2n) is 2.98. The second kappa shape index (κ2) is 3.49. The quantitative estimate of drug-likeness (QED) is 0.718. The minimum Gasteiger partial charge on any atom is -0.496 e. The first-order chi connectivity index (χ1) is 6.81. The summed E-state index contributed by atoms with van der Waals surface area (Å²) in [4.78, 5) is 0. The van der Waals surface area contributed by atoms with Crippen LogP contribution in [0.3, 0.4) is 0 Å². The molecule has 0 fully saturated rings. The zero-order valence-electron chi connectivity index (χ0n) is 8.14. The Hall–Kier alpha value is -1.84. The number of para-hydroxylation sites is 1. The summed E-state index contributed by atoms with van der Waals surface area (Å²) in [6, 6.07) is 7.75. The molecule has 4 nitrogen and oxygen atoms in total. The van der Waals surface area contributed by atoms with Crippen LogP contribution >= 0.6 is 0 Å². The lowest BCUT2D eigenvalue weighted by Crippen LogP contribution is -1.87. The molecule has 0 N–H and O–H groups in total. The molecular formula is C10H11N3O. The van der Waals surface area contributed by atoms with E-state index in [4.69, 9.17) is 4.74 Å².